The van der Waals surface area contributed by atoms with Gasteiger partial charge in [0, 0.05) is 18.3 Å². The molecule has 0 radical (unpaired) electrons. The second-order valence-electron chi connectivity index (χ2n) is 12.0. The fourth-order valence-electron chi connectivity index (χ4n) is 7.23. The van der Waals surface area contributed by atoms with Crippen LogP contribution < -0.4 is 0 Å². The van der Waals surface area contributed by atoms with E-state index in [4.69, 9.17) is 9.47 Å². The van der Waals surface area contributed by atoms with Crippen LogP contribution in [0.1, 0.15) is 17.5 Å². The molecule has 3 aliphatic carbocycles. The lowest BCUT2D eigenvalue weighted by Crippen LogP contribution is -2.56. The number of ether oxygens (including phenoxy) is 2. The first kappa shape index (κ1) is 31.8. The zero-order valence-electron chi connectivity index (χ0n) is 25.1. The van der Waals surface area contributed by atoms with E-state index < -0.39 is 111 Å². The quantitative estimate of drug-likeness (QED) is 0.170. The number of esters is 2. The Balaban J connectivity index is 1.41. The van der Waals surface area contributed by atoms with Crippen molar-refractivity contribution in [3.05, 3.63) is 117 Å². The summed E-state index contributed by atoms with van der Waals surface area (Å²) in [6, 6.07) is 9.36. The number of phenolic OH excluding ortho intramolecular Hbond substituents is 2. The Morgan fingerprint density at radius 3 is 1.56 bits per heavy atom. The molecule has 7 N–H and O–H groups in total. The summed E-state index contributed by atoms with van der Waals surface area (Å²) in [5, 5.41) is 73.6. The highest BCUT2D eigenvalue weighted by Gasteiger charge is 2.67. The molecule has 4 atom stereocenters. The summed E-state index contributed by atoms with van der Waals surface area (Å²) in [6.07, 6.45) is 1.52. The predicted octanol–water partition coefficient (Wildman–Crippen LogP) is 2.13. The number of aromatic hydroxyl groups is 2. The number of carbonyl (C=O) groups is 6. The van der Waals surface area contributed by atoms with Crippen molar-refractivity contribution in [1.82, 2.24) is 0 Å². The van der Waals surface area contributed by atoms with Crippen LogP contribution in [0, 0.1) is 17.8 Å². The van der Waals surface area contributed by atoms with E-state index in [-0.39, 0.29) is 33.8 Å². The Morgan fingerprint density at radius 2 is 1.12 bits per heavy atom. The Bertz CT molecular complexity index is 2210. The Kier molecular flexibility index (Phi) is 6.94. The molecule has 0 aromatic heterocycles. The van der Waals surface area contributed by atoms with Crippen molar-refractivity contribution in [2.75, 3.05) is 0 Å². The van der Waals surface area contributed by atoms with Gasteiger partial charge in [-0.3, -0.25) is 9.59 Å². The number of carbonyl (C=O) groups excluding carboxylic acids is 4. The number of phenols is 2. The zero-order valence-corrected chi connectivity index (χ0v) is 25.1. The summed E-state index contributed by atoms with van der Waals surface area (Å²) in [5.41, 5.74) is -6.03. The van der Waals surface area contributed by atoms with Crippen molar-refractivity contribution >= 4 is 46.6 Å². The van der Waals surface area contributed by atoms with Gasteiger partial charge in [0.05, 0.1) is 5.92 Å². The lowest BCUT2D eigenvalue weighted by molar-refractivity contribution is -0.147. The number of allylic oxidation sites excluding steroid dienone is 1. The third-order valence-corrected chi connectivity index (χ3v) is 9.36. The average Bonchev–Trinajstić information content (AvgIpc) is 3.56. The van der Waals surface area contributed by atoms with Gasteiger partial charge in [-0.2, -0.15) is 0 Å². The van der Waals surface area contributed by atoms with Crippen molar-refractivity contribution < 1.29 is 74.0 Å². The summed E-state index contributed by atoms with van der Waals surface area (Å²) in [5.74, 6) is -16.0. The first-order valence-corrected chi connectivity index (χ1v) is 14.7. The number of carboxylic acids is 2. The van der Waals surface area contributed by atoms with Crippen LogP contribution in [-0.4, -0.2) is 76.8 Å². The zero-order chi connectivity index (χ0) is 36.0. The molecule has 2 aromatic rings. The van der Waals surface area contributed by atoms with Crippen molar-refractivity contribution in [1.29, 1.82) is 0 Å². The summed E-state index contributed by atoms with van der Waals surface area (Å²) in [4.78, 5) is 78.3. The minimum absolute atomic E-state index is 0.0745. The van der Waals surface area contributed by atoms with E-state index >= 15 is 0 Å². The Labute approximate surface area is 278 Å². The summed E-state index contributed by atoms with van der Waals surface area (Å²) in [6.45, 7) is 0. The number of benzene rings is 2. The monoisotopic (exact) mass is 682 g/mol. The number of carboxylic acid groups (broad SMARTS) is 2. The number of aliphatic hydroxyl groups is 3. The molecule has 252 valence electrons. The van der Waals surface area contributed by atoms with Crippen LogP contribution in [0.2, 0.25) is 0 Å². The number of aliphatic hydroxyl groups excluding tert-OH is 2. The fraction of sp³-hybridized carbons (Fsp3) is 0.143. The molecule has 2 aromatic carbocycles. The molecule has 2 aliphatic heterocycles. The average molecular weight is 683 g/mol. The minimum Gasteiger partial charge on any atom is -0.508 e. The maximum atomic E-state index is 13.7. The lowest BCUT2D eigenvalue weighted by Gasteiger charge is -2.44. The van der Waals surface area contributed by atoms with Crippen LogP contribution in [0.5, 0.6) is 11.5 Å². The predicted molar refractivity (Wildman–Crippen MR) is 163 cm³/mol. The van der Waals surface area contributed by atoms with E-state index in [0.29, 0.717) is 0 Å². The van der Waals surface area contributed by atoms with Crippen LogP contribution in [0.4, 0.5) is 0 Å². The van der Waals surface area contributed by atoms with Gasteiger partial charge in [-0.05, 0) is 52.6 Å². The lowest BCUT2D eigenvalue weighted by atomic mass is 9.60. The minimum atomic E-state index is -2.50. The van der Waals surface area contributed by atoms with Gasteiger partial charge < -0.3 is 45.2 Å². The standard InChI is InChI=1S/C35H22O15/c36-14-5-1-12(2-6-14)22(31(42)43)29-27(40)24(33(46)49-29)16-10-21(39)35(48)19-11-20(38)26(35)17(16)9-18(19)25-28(41)30(50-34(25)47)23(32(44)45)13-3-7-15(37)8-4-13/h1-10,17,19,26,36-37,40-41,48H,11H2,(H,42,43)(H,44,45)/b29-22+,30-23+/t17-,19+,26?,35-/m0/s1. The van der Waals surface area contributed by atoms with Gasteiger partial charge in [-0.25, -0.2) is 19.2 Å². The van der Waals surface area contributed by atoms with Crippen molar-refractivity contribution in [2.24, 2.45) is 17.8 Å². The smallest absolute Gasteiger partial charge is 0.347 e. The van der Waals surface area contributed by atoms with E-state index in [1.165, 1.54) is 30.3 Å². The van der Waals surface area contributed by atoms with Crippen LogP contribution in [-0.2, 0) is 38.2 Å². The third-order valence-electron chi connectivity index (χ3n) is 9.36. The second-order valence-corrected chi connectivity index (χ2v) is 12.0. The van der Waals surface area contributed by atoms with E-state index in [1.54, 1.807) is 0 Å². The molecular formula is C35H22O15. The van der Waals surface area contributed by atoms with Gasteiger partial charge >= 0.3 is 23.9 Å². The number of Topliss-reactive ketones (excluding diaryl/α,β-unsaturated/α-hetero) is 1. The van der Waals surface area contributed by atoms with Gasteiger partial charge in [-0.1, -0.05) is 30.3 Å². The number of aliphatic carboxylic acids is 2. The molecule has 4 bridgehead atoms. The normalized spacial score (nSPS) is 27.6. The molecule has 2 heterocycles. The summed E-state index contributed by atoms with van der Waals surface area (Å²) >= 11 is 0. The third kappa shape index (κ3) is 4.40. The molecule has 15 heteroatoms. The highest BCUT2D eigenvalue weighted by Crippen LogP contribution is 2.59. The van der Waals surface area contributed by atoms with Crippen LogP contribution >= 0.6 is 0 Å². The number of hydrogen-bond acceptors (Lipinski definition) is 13. The second kappa shape index (κ2) is 10.9. The maximum absolute atomic E-state index is 13.7. The molecule has 7 rings (SSSR count). The molecule has 0 saturated heterocycles. The van der Waals surface area contributed by atoms with E-state index in [1.807, 2.05) is 0 Å². The number of cyclic esters (lactones) is 2. The SMILES string of the molecule is O=C1O/C(=C(/C(=O)O)c2ccc(O)cc2)C(O)=C1C1=C[C@H]2C(C3=C(O)/C(=C(\C(=O)O)c4ccc(O)cc4)OC3=O)=CC(=O)[C@]3(O)C2C(=O)C[C@H]13. The van der Waals surface area contributed by atoms with Crippen molar-refractivity contribution in [3.8, 4) is 11.5 Å². The molecule has 1 fully saturated rings. The molecule has 0 amide bonds. The largest absolute Gasteiger partial charge is 0.508 e. The van der Waals surface area contributed by atoms with Gasteiger partial charge in [-0.15, -0.1) is 0 Å². The van der Waals surface area contributed by atoms with Gasteiger partial charge in [0.25, 0.3) is 0 Å². The Morgan fingerprint density at radius 1 is 0.680 bits per heavy atom. The van der Waals surface area contributed by atoms with Crippen molar-refractivity contribution in [2.45, 2.75) is 12.0 Å². The number of rotatable bonds is 6. The highest BCUT2D eigenvalue weighted by atomic mass is 16.6. The maximum Gasteiger partial charge on any atom is 0.347 e. The molecule has 15 nitrogen and oxygen atoms in total. The van der Waals surface area contributed by atoms with Gasteiger partial charge in [0.1, 0.15) is 45.2 Å². The molecule has 5 aliphatic rings. The van der Waals surface area contributed by atoms with E-state index in [2.05, 4.69) is 0 Å². The van der Waals surface area contributed by atoms with Crippen LogP contribution in [0.25, 0.3) is 11.1 Å². The first-order valence-electron chi connectivity index (χ1n) is 14.7. The molecule has 0 spiro atoms. The number of ketones is 2. The van der Waals surface area contributed by atoms with Gasteiger partial charge in [0.2, 0.25) is 0 Å². The van der Waals surface area contributed by atoms with Gasteiger partial charge in [0.15, 0.2) is 28.8 Å². The van der Waals surface area contributed by atoms with Crippen LogP contribution in [0.15, 0.2) is 106 Å². The Hall–Kier alpha value is -6.74. The van der Waals surface area contributed by atoms with Crippen molar-refractivity contribution in [3.63, 3.8) is 0 Å². The summed E-state index contributed by atoms with van der Waals surface area (Å²) in [7, 11) is 0. The van der Waals surface area contributed by atoms with E-state index in [9.17, 15) is 64.5 Å². The molecule has 1 unspecified atom stereocenters. The molecule has 1 saturated carbocycles. The summed E-state index contributed by atoms with van der Waals surface area (Å²) < 4.78 is 10.4. The van der Waals surface area contributed by atoms with E-state index in [0.717, 1.165) is 30.3 Å². The van der Waals surface area contributed by atoms with Crippen LogP contribution in [0.3, 0.4) is 0 Å². The first-order chi connectivity index (χ1) is 23.6. The number of hydrogen-bond donors (Lipinski definition) is 7. The molecular weight excluding hydrogens is 660 g/mol. The highest BCUT2D eigenvalue weighted by molar-refractivity contribution is 6.20. The molecule has 50 heavy (non-hydrogen) atoms. The fourth-order valence-corrected chi connectivity index (χ4v) is 7.23. The topological polar surface area (TPSA) is 262 Å².